The minimum absolute atomic E-state index is 0.272. The lowest BCUT2D eigenvalue weighted by molar-refractivity contribution is -0.835. The molecule has 0 bridgehead atoms. The third-order valence-corrected chi connectivity index (χ3v) is 6.17. The van der Waals surface area contributed by atoms with Crippen molar-refractivity contribution in [3.63, 3.8) is 0 Å². The van der Waals surface area contributed by atoms with E-state index in [1.54, 1.807) is 0 Å². The number of hydrogen-bond acceptors (Lipinski definition) is 2. The van der Waals surface area contributed by atoms with Gasteiger partial charge in [-0.2, -0.15) is 0 Å². The maximum Gasteiger partial charge on any atom is 0.198 e. The van der Waals surface area contributed by atoms with E-state index >= 15 is 0 Å². The molecule has 1 unspecified atom stereocenters. The molecule has 1 N–H and O–H groups in total. The minimum atomic E-state index is 0.272. The molecule has 0 aromatic rings. The van der Waals surface area contributed by atoms with Gasteiger partial charge in [0, 0.05) is 6.42 Å². The Kier molecular flexibility index (Phi) is 14.7. The van der Waals surface area contributed by atoms with Crippen LogP contribution in [-0.4, -0.2) is 48.2 Å². The Balaban J connectivity index is 1.95. The third kappa shape index (κ3) is 10.4. The normalized spacial score (nSPS) is 19.9. The molecule has 0 aromatic heterocycles. The Hall–Kier alpha value is -0.670. The average molecular weight is 380 g/mol. The molecule has 27 heavy (non-hydrogen) atoms. The summed E-state index contributed by atoms with van der Waals surface area (Å²) in [6.07, 6.45) is 23.6. The van der Waals surface area contributed by atoms with Crippen LogP contribution in [0.5, 0.6) is 0 Å². The van der Waals surface area contributed by atoms with Gasteiger partial charge in [0.25, 0.3) is 0 Å². The van der Waals surface area contributed by atoms with Crippen LogP contribution in [-0.2, 0) is 0 Å². The fourth-order valence-electron chi connectivity index (χ4n) is 4.25. The number of aliphatic hydroxyl groups is 1. The monoisotopic (exact) mass is 379 g/mol. The van der Waals surface area contributed by atoms with E-state index in [9.17, 15) is 5.11 Å². The van der Waals surface area contributed by atoms with Gasteiger partial charge >= 0.3 is 0 Å². The van der Waals surface area contributed by atoms with Crippen LogP contribution in [0, 0.1) is 0 Å². The minimum Gasteiger partial charge on any atom is -0.390 e. The summed E-state index contributed by atoms with van der Waals surface area (Å²) in [5.41, 5.74) is 0. The summed E-state index contributed by atoms with van der Waals surface area (Å²) in [5, 5.41) is 9.36. The number of hydrogen-bond donors (Lipinski definition) is 1. The van der Waals surface area contributed by atoms with E-state index in [2.05, 4.69) is 26.0 Å². The van der Waals surface area contributed by atoms with Crippen LogP contribution in [0.4, 0.5) is 0 Å². The molecule has 0 spiro atoms. The van der Waals surface area contributed by atoms with E-state index in [1.165, 1.54) is 89.3 Å². The van der Waals surface area contributed by atoms with Gasteiger partial charge in [-0.1, -0.05) is 70.4 Å². The van der Waals surface area contributed by atoms with E-state index in [4.69, 9.17) is 4.99 Å². The first kappa shape index (κ1) is 24.4. The Morgan fingerprint density at radius 3 is 2.04 bits per heavy atom. The van der Waals surface area contributed by atoms with E-state index in [0.29, 0.717) is 0 Å². The molecule has 0 aromatic carbocycles. The largest absolute Gasteiger partial charge is 0.390 e. The predicted molar refractivity (Wildman–Crippen MR) is 119 cm³/mol. The number of likely N-dealkylation sites (N-methyl/N-ethyl adjacent to an activating group) is 1. The number of quaternary nitrogens is 1. The molecule has 1 atom stereocenters. The van der Waals surface area contributed by atoms with E-state index in [0.717, 1.165) is 37.1 Å². The summed E-state index contributed by atoms with van der Waals surface area (Å²) >= 11 is 0. The highest BCUT2D eigenvalue weighted by atomic mass is 16.3. The molecule has 0 aliphatic carbocycles. The van der Waals surface area contributed by atoms with Crippen molar-refractivity contribution in [2.45, 2.75) is 104 Å². The van der Waals surface area contributed by atoms with Crippen LogP contribution in [0.3, 0.4) is 0 Å². The van der Waals surface area contributed by atoms with Crippen LogP contribution >= 0.6 is 0 Å². The van der Waals surface area contributed by atoms with Crippen molar-refractivity contribution in [3.05, 3.63) is 12.2 Å². The molecule has 0 saturated carbocycles. The molecule has 1 rings (SSSR count). The van der Waals surface area contributed by atoms with Crippen molar-refractivity contribution >= 4 is 5.84 Å². The lowest BCUT2D eigenvalue weighted by Crippen LogP contribution is -2.52. The van der Waals surface area contributed by atoms with Gasteiger partial charge in [-0.25, -0.2) is 4.99 Å². The fraction of sp³-hybridized carbons (Fsp3) is 0.875. The number of unbranched alkanes of at least 4 members (excludes halogenated alkanes) is 11. The van der Waals surface area contributed by atoms with Crippen LogP contribution in [0.2, 0.25) is 0 Å². The molecule has 3 heteroatoms. The van der Waals surface area contributed by atoms with Crippen LogP contribution in [0.15, 0.2) is 17.1 Å². The zero-order valence-electron chi connectivity index (χ0n) is 18.4. The van der Waals surface area contributed by atoms with Crippen LogP contribution in [0.25, 0.3) is 0 Å². The second-order valence-electron chi connectivity index (χ2n) is 8.26. The first-order valence-electron chi connectivity index (χ1n) is 11.9. The summed E-state index contributed by atoms with van der Waals surface area (Å²) in [4.78, 5) is 4.74. The molecule has 1 aliphatic heterocycles. The summed E-state index contributed by atoms with van der Waals surface area (Å²) in [5.74, 6) is 1.34. The number of amidine groups is 1. The molecular formula is C24H47N2O+. The lowest BCUT2D eigenvalue weighted by Gasteiger charge is -2.33. The molecule has 0 radical (unpaired) electrons. The molecule has 1 heterocycles. The summed E-state index contributed by atoms with van der Waals surface area (Å²) in [7, 11) is 0. The van der Waals surface area contributed by atoms with Crippen molar-refractivity contribution in [2.75, 3.05) is 32.8 Å². The topological polar surface area (TPSA) is 32.6 Å². The summed E-state index contributed by atoms with van der Waals surface area (Å²) in [6, 6.07) is 0. The highest BCUT2D eigenvalue weighted by Crippen LogP contribution is 2.19. The fourth-order valence-corrected chi connectivity index (χ4v) is 4.25. The van der Waals surface area contributed by atoms with Crippen LogP contribution < -0.4 is 0 Å². The highest BCUT2D eigenvalue weighted by molar-refractivity contribution is 5.76. The first-order valence-corrected chi connectivity index (χ1v) is 11.9. The smallest absolute Gasteiger partial charge is 0.198 e. The van der Waals surface area contributed by atoms with Gasteiger partial charge < -0.3 is 5.11 Å². The Morgan fingerprint density at radius 1 is 0.852 bits per heavy atom. The molecule has 0 saturated heterocycles. The molecular weight excluding hydrogens is 332 g/mol. The summed E-state index contributed by atoms with van der Waals surface area (Å²) < 4.78 is 0.935. The van der Waals surface area contributed by atoms with Crippen molar-refractivity contribution in [2.24, 2.45) is 4.99 Å². The maximum absolute atomic E-state index is 9.36. The lowest BCUT2D eigenvalue weighted by atomic mass is 10.1. The average Bonchev–Trinajstić information content (AvgIpc) is 3.08. The van der Waals surface area contributed by atoms with Crippen molar-refractivity contribution < 1.29 is 9.59 Å². The standard InChI is InChI=1S/C24H47N2O/c1-3-5-6-7-8-9-10-11-12-13-14-15-16-17-18-19-24-25-20-21-26(24,4-2)22-23-27/h14-15,27H,3-13,16-23H2,1-2H3/q+1/b15-14+. The first-order chi connectivity index (χ1) is 13.3. The summed E-state index contributed by atoms with van der Waals surface area (Å²) in [6.45, 7) is 8.73. The number of allylic oxidation sites excluding steroid dienone is 2. The molecule has 1 aliphatic rings. The number of aliphatic hydroxyl groups excluding tert-OH is 1. The SMILES string of the molecule is CCCCCCCCCCC/C=C/CCCCC1=NCC[N+]1(CC)CCO. The second-order valence-corrected chi connectivity index (χ2v) is 8.26. The van der Waals surface area contributed by atoms with E-state index in [-0.39, 0.29) is 6.61 Å². The quantitative estimate of drug-likeness (QED) is 0.170. The van der Waals surface area contributed by atoms with Gasteiger partial charge in [-0.15, -0.1) is 0 Å². The second kappa shape index (κ2) is 16.3. The van der Waals surface area contributed by atoms with Crippen molar-refractivity contribution in [1.82, 2.24) is 0 Å². The third-order valence-electron chi connectivity index (χ3n) is 6.17. The number of rotatable bonds is 18. The zero-order valence-corrected chi connectivity index (χ0v) is 18.4. The predicted octanol–water partition coefficient (Wildman–Crippen LogP) is 6.27. The Morgan fingerprint density at radius 2 is 1.44 bits per heavy atom. The van der Waals surface area contributed by atoms with Crippen molar-refractivity contribution in [1.29, 1.82) is 0 Å². The van der Waals surface area contributed by atoms with Gasteiger partial charge in [0.15, 0.2) is 5.84 Å². The molecule has 158 valence electrons. The van der Waals surface area contributed by atoms with Gasteiger partial charge in [-0.05, 0) is 39.0 Å². The Labute approximate surface area is 169 Å². The molecule has 0 fully saturated rings. The Bertz CT molecular complexity index is 405. The van der Waals surface area contributed by atoms with Crippen molar-refractivity contribution in [3.8, 4) is 0 Å². The van der Waals surface area contributed by atoms with Gasteiger partial charge in [0.05, 0.1) is 19.7 Å². The van der Waals surface area contributed by atoms with E-state index in [1.807, 2.05) is 0 Å². The van der Waals surface area contributed by atoms with Gasteiger partial charge in [-0.3, -0.25) is 4.48 Å². The zero-order chi connectivity index (χ0) is 19.6. The number of nitrogens with zero attached hydrogens (tertiary/aromatic N) is 2. The highest BCUT2D eigenvalue weighted by Gasteiger charge is 2.35. The van der Waals surface area contributed by atoms with Crippen LogP contribution in [0.1, 0.15) is 104 Å². The van der Waals surface area contributed by atoms with E-state index < -0.39 is 0 Å². The maximum atomic E-state index is 9.36. The van der Waals surface area contributed by atoms with Gasteiger partial charge in [0.2, 0.25) is 0 Å². The van der Waals surface area contributed by atoms with Gasteiger partial charge in [0.1, 0.15) is 13.1 Å². The molecule has 0 amide bonds. The molecule has 3 nitrogen and oxygen atoms in total. The number of aliphatic imine (C=N–C) groups is 1.